The summed E-state index contributed by atoms with van der Waals surface area (Å²) >= 11 is 0. The molecule has 0 aliphatic carbocycles. The molecule has 0 heterocycles. The number of carboxylic acid groups (broad SMARTS) is 1. The number of carbonyl (C=O) groups excluding carboxylic acids is 1. The van der Waals surface area contributed by atoms with Gasteiger partial charge in [0.25, 0.3) is 0 Å². The smallest absolute Gasteiger partial charge is 0.333 e. The maximum atomic E-state index is 10.8. The normalized spacial score (nSPS) is 10.0. The zero-order valence-corrected chi connectivity index (χ0v) is 11.1. The number of methoxy groups -OCH3 is 1. The van der Waals surface area contributed by atoms with Crippen LogP contribution in [0.15, 0.2) is 23.8 Å². The maximum absolute atomic E-state index is 10.8. The van der Waals surface area contributed by atoms with Crippen molar-refractivity contribution < 1.29 is 19.4 Å². The molecule has 0 rings (SSSR count). The minimum absolute atomic E-state index is 0.176. The fraction of sp³-hybridized carbons (Fsp3) is 0.538. The summed E-state index contributed by atoms with van der Waals surface area (Å²) in [7, 11) is 1.40. The van der Waals surface area contributed by atoms with Crippen LogP contribution in [0.5, 0.6) is 0 Å². The summed E-state index contributed by atoms with van der Waals surface area (Å²) in [6.07, 6.45) is 5.19. The Morgan fingerprint density at radius 3 is 2.12 bits per heavy atom. The molecule has 4 heteroatoms. The third-order valence-electron chi connectivity index (χ3n) is 1.88. The van der Waals surface area contributed by atoms with Crippen molar-refractivity contribution >= 4 is 11.9 Å². The van der Waals surface area contributed by atoms with Crippen LogP contribution in [-0.4, -0.2) is 24.2 Å². The van der Waals surface area contributed by atoms with Gasteiger partial charge in [0.05, 0.1) is 7.11 Å². The number of allylic oxidation sites excluding steroid dienone is 1. The second-order valence-electron chi connectivity index (χ2n) is 3.61. The summed E-state index contributed by atoms with van der Waals surface area (Å²) in [5, 5.41) is 7.89. The highest BCUT2D eigenvalue weighted by molar-refractivity contribution is 5.87. The molecule has 98 valence electrons. The van der Waals surface area contributed by atoms with Crippen LogP contribution in [0.1, 0.15) is 40.0 Å². The molecule has 0 aromatic rings. The summed E-state index contributed by atoms with van der Waals surface area (Å²) in [5.74, 6) is -1.16. The van der Waals surface area contributed by atoms with Gasteiger partial charge < -0.3 is 9.84 Å². The summed E-state index contributed by atoms with van der Waals surface area (Å²) in [6, 6.07) is 0. The third-order valence-corrected chi connectivity index (χ3v) is 1.88. The Bertz CT molecular complexity index is 278. The molecule has 0 aliphatic heterocycles. The van der Waals surface area contributed by atoms with Crippen molar-refractivity contribution in [3.8, 4) is 0 Å². The number of rotatable bonds is 5. The van der Waals surface area contributed by atoms with Gasteiger partial charge in [-0.05, 0) is 20.3 Å². The van der Waals surface area contributed by atoms with Crippen molar-refractivity contribution in [1.29, 1.82) is 0 Å². The van der Waals surface area contributed by atoms with E-state index in [1.165, 1.54) is 14.0 Å². The minimum Gasteiger partial charge on any atom is -0.478 e. The highest BCUT2D eigenvalue weighted by Gasteiger charge is 2.00. The maximum Gasteiger partial charge on any atom is 0.333 e. The van der Waals surface area contributed by atoms with Gasteiger partial charge in [0.15, 0.2) is 0 Å². The molecule has 0 aromatic heterocycles. The van der Waals surface area contributed by atoms with Crippen LogP contribution < -0.4 is 0 Å². The van der Waals surface area contributed by atoms with E-state index >= 15 is 0 Å². The second-order valence-corrected chi connectivity index (χ2v) is 3.61. The van der Waals surface area contributed by atoms with E-state index in [9.17, 15) is 9.59 Å². The molecule has 0 atom stereocenters. The average molecular weight is 242 g/mol. The van der Waals surface area contributed by atoms with Gasteiger partial charge in [0.1, 0.15) is 0 Å². The molecule has 1 N–H and O–H groups in total. The summed E-state index contributed by atoms with van der Waals surface area (Å²) in [5.41, 5.74) is 0.885. The lowest BCUT2D eigenvalue weighted by Gasteiger charge is -1.97. The van der Waals surface area contributed by atoms with Crippen molar-refractivity contribution in [2.24, 2.45) is 0 Å². The Morgan fingerprint density at radius 1 is 1.35 bits per heavy atom. The van der Waals surface area contributed by atoms with E-state index in [1.54, 1.807) is 6.92 Å². The van der Waals surface area contributed by atoms with Crippen molar-refractivity contribution in [2.45, 2.75) is 40.0 Å². The molecular formula is C13H22O4. The van der Waals surface area contributed by atoms with Crippen molar-refractivity contribution in [2.75, 3.05) is 7.11 Å². The second kappa shape index (κ2) is 10.9. The van der Waals surface area contributed by atoms with Crippen molar-refractivity contribution in [1.82, 2.24) is 0 Å². The van der Waals surface area contributed by atoms with Crippen LogP contribution in [0.3, 0.4) is 0 Å². The van der Waals surface area contributed by atoms with E-state index in [2.05, 4.69) is 18.2 Å². The molecule has 17 heavy (non-hydrogen) atoms. The molecule has 4 nitrogen and oxygen atoms in total. The fourth-order valence-electron chi connectivity index (χ4n) is 0.767. The Labute approximate surface area is 103 Å². The van der Waals surface area contributed by atoms with Gasteiger partial charge >= 0.3 is 11.9 Å². The minimum atomic E-state index is -0.935. The van der Waals surface area contributed by atoms with Gasteiger partial charge in [0.2, 0.25) is 0 Å². The van der Waals surface area contributed by atoms with Gasteiger partial charge in [-0.25, -0.2) is 9.59 Å². The Balaban J connectivity index is 0. The van der Waals surface area contributed by atoms with Crippen LogP contribution in [0, 0.1) is 0 Å². The van der Waals surface area contributed by atoms with Gasteiger partial charge in [-0.15, -0.1) is 0 Å². The van der Waals surface area contributed by atoms with Gasteiger partial charge in [-0.2, -0.15) is 0 Å². The summed E-state index contributed by atoms with van der Waals surface area (Å²) in [4.78, 5) is 20.4. The van der Waals surface area contributed by atoms with Crippen LogP contribution >= 0.6 is 0 Å². The lowest BCUT2D eigenvalue weighted by molar-refractivity contribution is -0.136. The number of esters is 1. The quantitative estimate of drug-likeness (QED) is 0.457. The molecular weight excluding hydrogens is 220 g/mol. The summed E-state index contributed by atoms with van der Waals surface area (Å²) < 4.78 is 4.54. The fourth-order valence-corrected chi connectivity index (χ4v) is 0.767. The van der Waals surface area contributed by atoms with E-state index in [0.717, 1.165) is 19.3 Å². The van der Waals surface area contributed by atoms with Gasteiger partial charge in [0, 0.05) is 11.1 Å². The largest absolute Gasteiger partial charge is 0.478 e. The van der Waals surface area contributed by atoms with Gasteiger partial charge in [-0.1, -0.05) is 32.4 Å². The van der Waals surface area contributed by atoms with E-state index in [4.69, 9.17) is 5.11 Å². The zero-order valence-electron chi connectivity index (χ0n) is 11.1. The molecule has 0 fully saturated rings. The van der Waals surface area contributed by atoms with Crippen LogP contribution in [-0.2, 0) is 14.3 Å². The topological polar surface area (TPSA) is 63.6 Å². The van der Waals surface area contributed by atoms with E-state index in [1.807, 2.05) is 6.08 Å². The molecule has 0 amide bonds. The van der Waals surface area contributed by atoms with E-state index in [-0.39, 0.29) is 11.5 Å². The lowest BCUT2D eigenvalue weighted by atomic mass is 10.2. The Morgan fingerprint density at radius 2 is 1.82 bits per heavy atom. The number of hydrogen-bond acceptors (Lipinski definition) is 3. The van der Waals surface area contributed by atoms with Crippen molar-refractivity contribution in [3.63, 3.8) is 0 Å². The number of carbonyl (C=O) groups is 2. The number of ether oxygens (including phenoxy) is 1. The van der Waals surface area contributed by atoms with Crippen molar-refractivity contribution in [3.05, 3.63) is 23.8 Å². The molecule has 0 saturated heterocycles. The molecule has 0 spiro atoms. The van der Waals surface area contributed by atoms with Gasteiger partial charge in [-0.3, -0.25) is 0 Å². The number of hydrogen-bond donors (Lipinski definition) is 1. The zero-order chi connectivity index (χ0) is 13.8. The van der Waals surface area contributed by atoms with E-state index < -0.39 is 5.97 Å². The molecule has 0 bridgehead atoms. The van der Waals surface area contributed by atoms with Crippen LogP contribution in [0.4, 0.5) is 0 Å². The first kappa shape index (κ1) is 17.8. The Kier molecular flexibility index (Phi) is 11.4. The Hall–Kier alpha value is -1.58. The van der Waals surface area contributed by atoms with E-state index in [0.29, 0.717) is 5.57 Å². The monoisotopic (exact) mass is 242 g/mol. The summed E-state index contributed by atoms with van der Waals surface area (Å²) in [6.45, 7) is 8.51. The average Bonchev–Trinajstić information content (AvgIpc) is 2.28. The highest BCUT2D eigenvalue weighted by atomic mass is 16.5. The SMILES string of the molecule is C=C(C)C(=O)O.CCCCC=C(C)C(=O)OC. The number of carboxylic acids is 1. The van der Waals surface area contributed by atoms with Crippen LogP contribution in [0.25, 0.3) is 0 Å². The highest BCUT2D eigenvalue weighted by Crippen LogP contribution is 2.01. The standard InChI is InChI=1S/C9H16O2.C4H6O2/c1-4-5-6-7-8(2)9(10)11-3;1-3(2)4(5)6/h7H,4-6H2,1-3H3;1H2,2H3,(H,5,6). The molecule has 0 unspecified atom stereocenters. The number of aliphatic carboxylic acids is 1. The molecule has 0 radical (unpaired) electrons. The van der Waals surface area contributed by atoms with Crippen LogP contribution in [0.2, 0.25) is 0 Å². The predicted octanol–water partition coefficient (Wildman–Crippen LogP) is 2.94. The first-order valence-electron chi connectivity index (χ1n) is 5.50. The molecule has 0 aromatic carbocycles. The number of unbranched alkanes of at least 4 members (excludes halogenated alkanes) is 2. The first-order valence-corrected chi connectivity index (χ1v) is 5.50. The molecule has 0 saturated carbocycles. The lowest BCUT2D eigenvalue weighted by Crippen LogP contribution is -2.00. The third kappa shape index (κ3) is 12.4. The molecule has 0 aliphatic rings. The first-order chi connectivity index (χ1) is 7.86. The predicted molar refractivity (Wildman–Crippen MR) is 67.7 cm³/mol.